The van der Waals surface area contributed by atoms with Gasteiger partial charge >= 0.3 is 0 Å². The van der Waals surface area contributed by atoms with E-state index in [2.05, 4.69) is 17.1 Å². The molecular formula is C13H24N2O. The Labute approximate surface area is 98.6 Å². The van der Waals surface area contributed by atoms with E-state index < -0.39 is 0 Å². The third kappa shape index (κ3) is 2.97. The second-order valence-corrected chi connectivity index (χ2v) is 5.25. The van der Waals surface area contributed by atoms with E-state index in [1.54, 1.807) is 0 Å². The van der Waals surface area contributed by atoms with E-state index in [9.17, 15) is 4.79 Å². The highest BCUT2D eigenvalue weighted by molar-refractivity contribution is 5.76. The Bertz CT molecular complexity index is 230. The molecule has 0 spiro atoms. The van der Waals surface area contributed by atoms with Crippen LogP contribution in [0.5, 0.6) is 0 Å². The van der Waals surface area contributed by atoms with Gasteiger partial charge in [0.1, 0.15) is 0 Å². The maximum atomic E-state index is 12.0. The van der Waals surface area contributed by atoms with Crippen LogP contribution >= 0.6 is 0 Å². The SMILES string of the molecule is CCCCCC(=O)N1CC2CCCC(C1)N2. The minimum Gasteiger partial charge on any atom is -0.340 e. The van der Waals surface area contributed by atoms with Gasteiger partial charge in [-0.1, -0.05) is 26.2 Å². The molecule has 0 saturated carbocycles. The second-order valence-electron chi connectivity index (χ2n) is 5.25. The Morgan fingerprint density at radius 2 is 1.94 bits per heavy atom. The largest absolute Gasteiger partial charge is 0.340 e. The lowest BCUT2D eigenvalue weighted by Gasteiger charge is -2.42. The van der Waals surface area contributed by atoms with Gasteiger partial charge in [0.05, 0.1) is 0 Å². The van der Waals surface area contributed by atoms with Gasteiger partial charge in [-0.05, 0) is 19.3 Å². The first-order valence-electron chi connectivity index (χ1n) is 6.83. The molecule has 2 unspecified atom stereocenters. The van der Waals surface area contributed by atoms with E-state index in [4.69, 9.17) is 0 Å². The molecule has 2 aliphatic rings. The van der Waals surface area contributed by atoms with Crippen molar-refractivity contribution in [2.24, 2.45) is 0 Å². The number of nitrogens with one attached hydrogen (secondary N) is 1. The molecule has 92 valence electrons. The molecule has 2 fully saturated rings. The third-order valence-electron chi connectivity index (χ3n) is 3.81. The number of hydrogen-bond donors (Lipinski definition) is 1. The Morgan fingerprint density at radius 3 is 2.56 bits per heavy atom. The lowest BCUT2D eigenvalue weighted by atomic mass is 9.94. The number of piperazine rings is 1. The molecule has 1 N–H and O–H groups in total. The first-order chi connectivity index (χ1) is 7.79. The number of carbonyl (C=O) groups excluding carboxylic acids is 1. The molecule has 16 heavy (non-hydrogen) atoms. The summed E-state index contributed by atoms with van der Waals surface area (Å²) in [5.41, 5.74) is 0. The van der Waals surface area contributed by atoms with Crippen LogP contribution < -0.4 is 5.32 Å². The normalized spacial score (nSPS) is 29.2. The average molecular weight is 224 g/mol. The van der Waals surface area contributed by atoms with Gasteiger partial charge in [-0.25, -0.2) is 0 Å². The van der Waals surface area contributed by atoms with Gasteiger partial charge < -0.3 is 10.2 Å². The zero-order chi connectivity index (χ0) is 11.4. The molecule has 3 nitrogen and oxygen atoms in total. The Hall–Kier alpha value is -0.570. The van der Waals surface area contributed by atoms with Gasteiger partial charge in [-0.2, -0.15) is 0 Å². The molecule has 0 radical (unpaired) electrons. The van der Waals surface area contributed by atoms with Crippen molar-refractivity contribution in [3.05, 3.63) is 0 Å². The Morgan fingerprint density at radius 1 is 1.25 bits per heavy atom. The van der Waals surface area contributed by atoms with Gasteiger partial charge in [0, 0.05) is 31.6 Å². The number of hydrogen-bond acceptors (Lipinski definition) is 2. The van der Waals surface area contributed by atoms with E-state index in [1.165, 1.54) is 32.1 Å². The van der Waals surface area contributed by atoms with Crippen LogP contribution in [-0.2, 0) is 4.79 Å². The molecule has 0 aromatic heterocycles. The van der Waals surface area contributed by atoms with Crippen molar-refractivity contribution >= 4 is 5.91 Å². The van der Waals surface area contributed by atoms with Crippen molar-refractivity contribution in [1.82, 2.24) is 10.2 Å². The lowest BCUT2D eigenvalue weighted by Crippen LogP contribution is -2.59. The maximum Gasteiger partial charge on any atom is 0.222 e. The first kappa shape index (κ1) is 11.9. The van der Waals surface area contributed by atoms with Crippen molar-refractivity contribution in [2.75, 3.05) is 13.1 Å². The maximum absolute atomic E-state index is 12.0. The molecule has 3 heteroatoms. The zero-order valence-electron chi connectivity index (χ0n) is 10.4. The van der Waals surface area contributed by atoms with Gasteiger partial charge in [0.25, 0.3) is 0 Å². The van der Waals surface area contributed by atoms with Crippen LogP contribution in [0.15, 0.2) is 0 Å². The monoisotopic (exact) mass is 224 g/mol. The van der Waals surface area contributed by atoms with Crippen LogP contribution in [-0.4, -0.2) is 36.0 Å². The van der Waals surface area contributed by atoms with Gasteiger partial charge in [0.15, 0.2) is 0 Å². The number of carbonyl (C=O) groups is 1. The minimum absolute atomic E-state index is 0.381. The van der Waals surface area contributed by atoms with E-state index in [0.29, 0.717) is 18.0 Å². The number of likely N-dealkylation sites (tertiary alicyclic amines) is 1. The van der Waals surface area contributed by atoms with Gasteiger partial charge in [-0.15, -0.1) is 0 Å². The summed E-state index contributed by atoms with van der Waals surface area (Å²) in [5.74, 6) is 0.381. The average Bonchev–Trinajstić information content (AvgIpc) is 2.28. The molecule has 2 rings (SSSR count). The molecule has 0 aliphatic carbocycles. The van der Waals surface area contributed by atoms with Crippen LogP contribution in [0.4, 0.5) is 0 Å². The number of fused-ring (bicyclic) bond motifs is 2. The standard InChI is InChI=1S/C13H24N2O/c1-2-3-4-8-13(16)15-9-11-6-5-7-12(10-15)14-11/h11-12,14H,2-10H2,1H3. The summed E-state index contributed by atoms with van der Waals surface area (Å²) in [6, 6.07) is 1.14. The summed E-state index contributed by atoms with van der Waals surface area (Å²) in [4.78, 5) is 14.1. The highest BCUT2D eigenvalue weighted by Crippen LogP contribution is 2.20. The fraction of sp³-hybridized carbons (Fsp3) is 0.923. The highest BCUT2D eigenvalue weighted by Gasteiger charge is 2.31. The summed E-state index contributed by atoms with van der Waals surface area (Å²) in [6.07, 6.45) is 8.03. The third-order valence-corrected chi connectivity index (χ3v) is 3.81. The smallest absolute Gasteiger partial charge is 0.222 e. The zero-order valence-corrected chi connectivity index (χ0v) is 10.4. The lowest BCUT2D eigenvalue weighted by molar-refractivity contribution is -0.133. The summed E-state index contributed by atoms with van der Waals surface area (Å²) in [6.45, 7) is 4.07. The predicted molar refractivity (Wildman–Crippen MR) is 65.3 cm³/mol. The van der Waals surface area contributed by atoms with Crippen molar-refractivity contribution in [2.45, 2.75) is 64.0 Å². The van der Waals surface area contributed by atoms with Gasteiger partial charge in [0.2, 0.25) is 5.91 Å². The minimum atomic E-state index is 0.381. The quantitative estimate of drug-likeness (QED) is 0.740. The van der Waals surface area contributed by atoms with Crippen molar-refractivity contribution in [3.8, 4) is 0 Å². The van der Waals surface area contributed by atoms with Gasteiger partial charge in [-0.3, -0.25) is 4.79 Å². The first-order valence-corrected chi connectivity index (χ1v) is 6.83. The summed E-state index contributed by atoms with van der Waals surface area (Å²) in [5, 5.41) is 3.61. The number of rotatable bonds is 4. The van der Waals surface area contributed by atoms with Crippen LogP contribution in [0.2, 0.25) is 0 Å². The topological polar surface area (TPSA) is 32.3 Å². The molecule has 2 heterocycles. The van der Waals surface area contributed by atoms with E-state index in [0.717, 1.165) is 25.9 Å². The number of unbranched alkanes of at least 4 members (excludes halogenated alkanes) is 2. The molecular weight excluding hydrogens is 200 g/mol. The Balaban J connectivity index is 1.78. The number of piperidine rings is 1. The molecule has 2 atom stereocenters. The van der Waals surface area contributed by atoms with Crippen molar-refractivity contribution in [1.29, 1.82) is 0 Å². The molecule has 0 aromatic rings. The van der Waals surface area contributed by atoms with Crippen molar-refractivity contribution in [3.63, 3.8) is 0 Å². The van der Waals surface area contributed by atoms with Crippen LogP contribution in [0, 0.1) is 0 Å². The van der Waals surface area contributed by atoms with E-state index in [1.807, 2.05) is 0 Å². The molecule has 0 aromatic carbocycles. The highest BCUT2D eigenvalue weighted by atomic mass is 16.2. The Kier molecular flexibility index (Phi) is 4.22. The summed E-state index contributed by atoms with van der Waals surface area (Å²) < 4.78 is 0. The number of amides is 1. The van der Waals surface area contributed by atoms with E-state index in [-0.39, 0.29) is 0 Å². The van der Waals surface area contributed by atoms with Crippen LogP contribution in [0.1, 0.15) is 51.9 Å². The van der Waals surface area contributed by atoms with E-state index >= 15 is 0 Å². The molecule has 2 saturated heterocycles. The van der Waals surface area contributed by atoms with Crippen molar-refractivity contribution < 1.29 is 4.79 Å². The van der Waals surface area contributed by atoms with Crippen LogP contribution in [0.3, 0.4) is 0 Å². The second kappa shape index (κ2) is 5.67. The molecule has 1 amide bonds. The molecule has 2 aliphatic heterocycles. The summed E-state index contributed by atoms with van der Waals surface area (Å²) in [7, 11) is 0. The van der Waals surface area contributed by atoms with Crippen LogP contribution in [0.25, 0.3) is 0 Å². The fourth-order valence-electron chi connectivity index (χ4n) is 2.89. The predicted octanol–water partition coefficient (Wildman–Crippen LogP) is 1.92. The fourth-order valence-corrected chi connectivity index (χ4v) is 2.89. The molecule has 2 bridgehead atoms. The number of nitrogens with zero attached hydrogens (tertiary/aromatic N) is 1. The summed E-state index contributed by atoms with van der Waals surface area (Å²) >= 11 is 0.